The lowest BCUT2D eigenvalue weighted by molar-refractivity contribution is 0.444. The van der Waals surface area contributed by atoms with E-state index in [2.05, 4.69) is 76.7 Å². The van der Waals surface area contributed by atoms with Crippen LogP contribution in [0, 0.1) is 0 Å². The predicted octanol–water partition coefficient (Wildman–Crippen LogP) is 6.44. The van der Waals surface area contributed by atoms with Crippen LogP contribution in [0.5, 0.6) is 0 Å². The van der Waals surface area contributed by atoms with Crippen molar-refractivity contribution in [3.05, 3.63) is 72.2 Å². The van der Waals surface area contributed by atoms with Gasteiger partial charge in [-0.1, -0.05) is 49.6 Å². The van der Waals surface area contributed by atoms with E-state index in [0.717, 1.165) is 22.6 Å². The molecule has 0 spiro atoms. The third kappa shape index (κ3) is 9.37. The molecule has 0 unspecified atom stereocenters. The van der Waals surface area contributed by atoms with Gasteiger partial charge in [0.2, 0.25) is 16.6 Å². The third-order valence-corrected chi connectivity index (χ3v) is 4.48. The first-order chi connectivity index (χ1) is 10.9. The van der Waals surface area contributed by atoms with Crippen LogP contribution in [0.25, 0.3) is 12.2 Å². The van der Waals surface area contributed by atoms with Crippen molar-refractivity contribution in [2.75, 3.05) is 0 Å². The Morgan fingerprint density at radius 3 is 1.25 bits per heavy atom. The Morgan fingerprint density at radius 1 is 0.708 bits per heavy atom. The molecular formula is C20H30O2Si2. The van der Waals surface area contributed by atoms with Gasteiger partial charge in [0.05, 0.1) is 11.5 Å². The van der Waals surface area contributed by atoms with Crippen LogP contribution in [-0.4, -0.2) is 16.6 Å². The fourth-order valence-electron chi connectivity index (χ4n) is 1.95. The van der Waals surface area contributed by atoms with Gasteiger partial charge in [-0.25, -0.2) is 0 Å². The minimum absolute atomic E-state index is 0.720. The molecule has 4 heteroatoms. The Hall–Kier alpha value is -1.79. The zero-order valence-corrected chi connectivity index (χ0v) is 17.8. The van der Waals surface area contributed by atoms with E-state index in [0.29, 0.717) is 0 Å². The van der Waals surface area contributed by atoms with Crippen LogP contribution >= 0.6 is 0 Å². The molecule has 0 aliphatic heterocycles. The van der Waals surface area contributed by atoms with E-state index in [1.165, 1.54) is 0 Å². The molecule has 24 heavy (non-hydrogen) atoms. The number of rotatable bonds is 8. The van der Waals surface area contributed by atoms with E-state index < -0.39 is 16.6 Å². The molecule has 0 radical (unpaired) electrons. The first-order valence-electron chi connectivity index (χ1n) is 8.17. The van der Waals surface area contributed by atoms with Crippen LogP contribution in [0.2, 0.25) is 39.3 Å². The zero-order valence-electron chi connectivity index (χ0n) is 15.8. The monoisotopic (exact) mass is 358 g/mol. The van der Waals surface area contributed by atoms with Gasteiger partial charge in [0.1, 0.15) is 0 Å². The molecule has 0 aromatic heterocycles. The molecule has 130 valence electrons. The second-order valence-electron chi connectivity index (χ2n) is 7.69. The fraction of sp³-hybridized carbons (Fsp3) is 0.300. The molecule has 0 bridgehead atoms. The molecular weight excluding hydrogens is 328 g/mol. The Bertz CT molecular complexity index is 570. The summed E-state index contributed by atoms with van der Waals surface area (Å²) in [5.74, 6) is 1.44. The van der Waals surface area contributed by atoms with E-state index in [1.807, 2.05) is 24.3 Å². The number of hydrogen-bond donors (Lipinski definition) is 0. The molecule has 0 saturated heterocycles. The summed E-state index contributed by atoms with van der Waals surface area (Å²) in [4.78, 5) is 0. The standard InChI is InChI=1S/C20H30O2Si2/c1-17(21-23(3,4)5)9-11-19-13-15-20(16-14-19)12-10-18(2)22-24(6,7)8/h9-16H,1-2H2,3-8H3/b11-9+,12-10+. The average Bonchev–Trinajstić information content (AvgIpc) is 2.40. The summed E-state index contributed by atoms with van der Waals surface area (Å²) in [5, 5.41) is 0. The minimum atomic E-state index is -1.58. The van der Waals surface area contributed by atoms with E-state index in [1.54, 1.807) is 0 Å². The summed E-state index contributed by atoms with van der Waals surface area (Å²) in [7, 11) is -3.17. The van der Waals surface area contributed by atoms with Crippen molar-refractivity contribution >= 4 is 28.8 Å². The number of benzene rings is 1. The van der Waals surface area contributed by atoms with E-state index in [4.69, 9.17) is 8.85 Å². The molecule has 1 aromatic rings. The Balaban J connectivity index is 2.63. The van der Waals surface area contributed by atoms with Crippen molar-refractivity contribution in [3.63, 3.8) is 0 Å². The average molecular weight is 359 g/mol. The predicted molar refractivity (Wildman–Crippen MR) is 112 cm³/mol. The first-order valence-corrected chi connectivity index (χ1v) is 15.0. The summed E-state index contributed by atoms with van der Waals surface area (Å²) in [6.07, 6.45) is 7.88. The van der Waals surface area contributed by atoms with Crippen LogP contribution in [-0.2, 0) is 8.85 Å². The smallest absolute Gasteiger partial charge is 0.242 e. The van der Waals surface area contributed by atoms with Crippen LogP contribution < -0.4 is 0 Å². The van der Waals surface area contributed by atoms with Crippen molar-refractivity contribution in [2.45, 2.75) is 39.3 Å². The lowest BCUT2D eigenvalue weighted by Gasteiger charge is -2.19. The summed E-state index contributed by atoms with van der Waals surface area (Å²) >= 11 is 0. The van der Waals surface area contributed by atoms with Gasteiger partial charge in [0.25, 0.3) is 0 Å². The Labute approximate surface area is 149 Å². The van der Waals surface area contributed by atoms with Gasteiger partial charge in [-0.2, -0.15) is 0 Å². The van der Waals surface area contributed by atoms with Crippen molar-refractivity contribution in [3.8, 4) is 0 Å². The number of allylic oxidation sites excluding steroid dienone is 2. The SMILES string of the molecule is C=C(/C=C/c1ccc(/C=C/C(=C)O[Si](C)(C)C)cc1)O[Si](C)(C)C. The molecule has 0 atom stereocenters. The minimum Gasteiger partial charge on any atom is -0.545 e. The van der Waals surface area contributed by atoms with Crippen LogP contribution in [0.4, 0.5) is 0 Å². The van der Waals surface area contributed by atoms with Crippen LogP contribution in [0.3, 0.4) is 0 Å². The Morgan fingerprint density at radius 2 is 1.00 bits per heavy atom. The highest BCUT2D eigenvalue weighted by Gasteiger charge is 2.16. The second-order valence-corrected chi connectivity index (χ2v) is 16.6. The maximum Gasteiger partial charge on any atom is 0.242 e. The second kappa shape index (κ2) is 8.35. The molecule has 0 saturated carbocycles. The maximum atomic E-state index is 5.81. The third-order valence-electron chi connectivity index (χ3n) is 2.73. The number of hydrogen-bond acceptors (Lipinski definition) is 2. The fourth-order valence-corrected chi connectivity index (χ4v) is 3.66. The molecule has 0 N–H and O–H groups in total. The highest BCUT2D eigenvalue weighted by atomic mass is 28.4. The normalized spacial score (nSPS) is 12.6. The van der Waals surface area contributed by atoms with Gasteiger partial charge in [0, 0.05) is 0 Å². The summed E-state index contributed by atoms with van der Waals surface area (Å²) in [6.45, 7) is 20.8. The lowest BCUT2D eigenvalue weighted by Crippen LogP contribution is -2.24. The Kier molecular flexibility index (Phi) is 7.05. The van der Waals surface area contributed by atoms with E-state index in [-0.39, 0.29) is 0 Å². The van der Waals surface area contributed by atoms with Crippen LogP contribution in [0.15, 0.2) is 61.1 Å². The highest BCUT2D eigenvalue weighted by Crippen LogP contribution is 2.14. The zero-order chi connectivity index (χ0) is 18.4. The van der Waals surface area contributed by atoms with Gasteiger partial charge in [-0.05, 0) is 62.6 Å². The molecule has 0 aliphatic rings. The van der Waals surface area contributed by atoms with Crippen molar-refractivity contribution in [2.24, 2.45) is 0 Å². The summed E-state index contributed by atoms with van der Waals surface area (Å²) in [5.41, 5.74) is 2.23. The molecule has 1 aromatic carbocycles. The molecule has 2 nitrogen and oxygen atoms in total. The van der Waals surface area contributed by atoms with Gasteiger partial charge in [-0.15, -0.1) is 0 Å². The van der Waals surface area contributed by atoms with Crippen molar-refractivity contribution in [1.82, 2.24) is 0 Å². The van der Waals surface area contributed by atoms with Crippen molar-refractivity contribution < 1.29 is 8.85 Å². The van der Waals surface area contributed by atoms with Gasteiger partial charge >= 0.3 is 0 Å². The summed E-state index contributed by atoms with van der Waals surface area (Å²) < 4.78 is 11.6. The van der Waals surface area contributed by atoms with E-state index in [9.17, 15) is 0 Å². The topological polar surface area (TPSA) is 18.5 Å². The molecule has 1 rings (SSSR count). The van der Waals surface area contributed by atoms with E-state index >= 15 is 0 Å². The molecule has 0 heterocycles. The van der Waals surface area contributed by atoms with Crippen LogP contribution in [0.1, 0.15) is 11.1 Å². The van der Waals surface area contributed by atoms with Gasteiger partial charge < -0.3 is 8.85 Å². The quantitative estimate of drug-likeness (QED) is 0.302. The first kappa shape index (κ1) is 20.3. The van der Waals surface area contributed by atoms with Crippen molar-refractivity contribution in [1.29, 1.82) is 0 Å². The largest absolute Gasteiger partial charge is 0.545 e. The molecule has 0 aliphatic carbocycles. The molecule has 0 fully saturated rings. The summed E-state index contributed by atoms with van der Waals surface area (Å²) in [6, 6.07) is 8.28. The molecule has 0 amide bonds. The van der Waals surface area contributed by atoms with Gasteiger partial charge in [-0.3, -0.25) is 0 Å². The van der Waals surface area contributed by atoms with Gasteiger partial charge in [0.15, 0.2) is 0 Å². The lowest BCUT2D eigenvalue weighted by atomic mass is 10.1. The maximum absolute atomic E-state index is 5.81. The highest BCUT2D eigenvalue weighted by molar-refractivity contribution is 6.70.